The predicted octanol–water partition coefficient (Wildman–Crippen LogP) is 3.16. The third kappa shape index (κ3) is 2.46. The van der Waals surface area contributed by atoms with Gasteiger partial charge in [0, 0.05) is 17.4 Å². The van der Waals surface area contributed by atoms with Gasteiger partial charge in [-0.05, 0) is 45.0 Å². The van der Waals surface area contributed by atoms with Gasteiger partial charge in [0.2, 0.25) is 0 Å². The average Bonchev–Trinajstić information content (AvgIpc) is 2.71. The molecule has 2 aromatic rings. The predicted molar refractivity (Wildman–Crippen MR) is 75.1 cm³/mol. The molecule has 0 fully saturated rings. The molecule has 0 saturated carbocycles. The second-order valence-corrected chi connectivity index (χ2v) is 4.66. The molecule has 0 saturated heterocycles. The largest absolute Gasteiger partial charge is 0.310 e. The zero-order chi connectivity index (χ0) is 13.1. The molecular weight excluding hydrogens is 222 g/mol. The second-order valence-electron chi connectivity index (χ2n) is 4.66. The van der Waals surface area contributed by atoms with Gasteiger partial charge in [-0.3, -0.25) is 0 Å². The molecule has 0 aliphatic rings. The summed E-state index contributed by atoms with van der Waals surface area (Å²) in [5, 5.41) is 3.42. The van der Waals surface area contributed by atoms with Crippen LogP contribution in [0.3, 0.4) is 0 Å². The maximum Gasteiger partial charge on any atom is 0.0997 e. The molecule has 1 heterocycles. The van der Waals surface area contributed by atoms with Gasteiger partial charge in [-0.2, -0.15) is 0 Å². The van der Waals surface area contributed by atoms with E-state index in [2.05, 4.69) is 59.9 Å². The first-order valence-electron chi connectivity index (χ1n) is 6.47. The SMILES string of the molecule is CCNC(C)c1ccc(-n2cnc(C)c2C)cc1. The van der Waals surface area contributed by atoms with E-state index in [1.54, 1.807) is 0 Å². The van der Waals surface area contributed by atoms with Crippen LogP contribution in [-0.4, -0.2) is 16.1 Å². The van der Waals surface area contributed by atoms with E-state index in [0.29, 0.717) is 6.04 Å². The normalized spacial score (nSPS) is 12.7. The van der Waals surface area contributed by atoms with Crippen molar-refractivity contribution in [1.82, 2.24) is 14.9 Å². The van der Waals surface area contributed by atoms with E-state index >= 15 is 0 Å². The smallest absolute Gasteiger partial charge is 0.0997 e. The zero-order valence-electron chi connectivity index (χ0n) is 11.6. The van der Waals surface area contributed by atoms with Crippen LogP contribution in [0.4, 0.5) is 0 Å². The summed E-state index contributed by atoms with van der Waals surface area (Å²) in [7, 11) is 0. The van der Waals surface area contributed by atoms with E-state index in [9.17, 15) is 0 Å². The molecule has 1 aromatic heterocycles. The van der Waals surface area contributed by atoms with Gasteiger partial charge in [0.1, 0.15) is 0 Å². The average molecular weight is 243 g/mol. The Morgan fingerprint density at radius 3 is 2.39 bits per heavy atom. The van der Waals surface area contributed by atoms with Crippen molar-refractivity contribution >= 4 is 0 Å². The van der Waals surface area contributed by atoms with Crippen LogP contribution >= 0.6 is 0 Å². The number of aromatic nitrogens is 2. The summed E-state index contributed by atoms with van der Waals surface area (Å²) in [4.78, 5) is 4.33. The molecule has 2 rings (SSSR count). The van der Waals surface area contributed by atoms with Crippen LogP contribution < -0.4 is 5.32 Å². The first-order valence-corrected chi connectivity index (χ1v) is 6.47. The molecule has 0 bridgehead atoms. The van der Waals surface area contributed by atoms with Crippen LogP contribution in [0.5, 0.6) is 0 Å². The number of hydrogen-bond donors (Lipinski definition) is 1. The third-order valence-electron chi connectivity index (χ3n) is 3.43. The van der Waals surface area contributed by atoms with Gasteiger partial charge >= 0.3 is 0 Å². The standard InChI is InChI=1S/C15H21N3/c1-5-16-12(3)14-6-8-15(9-7-14)18-10-17-11(2)13(18)4/h6-10,12,16H,5H2,1-4H3. The quantitative estimate of drug-likeness (QED) is 0.894. The lowest BCUT2D eigenvalue weighted by molar-refractivity contribution is 0.598. The van der Waals surface area contributed by atoms with Crippen molar-refractivity contribution in [3.05, 3.63) is 47.5 Å². The number of nitrogens with zero attached hydrogens (tertiary/aromatic N) is 2. The molecule has 0 radical (unpaired) electrons. The Kier molecular flexibility index (Phi) is 3.82. The van der Waals surface area contributed by atoms with Gasteiger partial charge in [0.25, 0.3) is 0 Å². The Hall–Kier alpha value is -1.61. The van der Waals surface area contributed by atoms with Gasteiger partial charge < -0.3 is 9.88 Å². The third-order valence-corrected chi connectivity index (χ3v) is 3.43. The van der Waals surface area contributed by atoms with Crippen molar-refractivity contribution in [3.63, 3.8) is 0 Å². The van der Waals surface area contributed by atoms with E-state index in [-0.39, 0.29) is 0 Å². The monoisotopic (exact) mass is 243 g/mol. The Morgan fingerprint density at radius 2 is 1.89 bits per heavy atom. The van der Waals surface area contributed by atoms with Crippen LogP contribution in [-0.2, 0) is 0 Å². The molecule has 1 N–H and O–H groups in total. The van der Waals surface area contributed by atoms with Crippen LogP contribution in [0.15, 0.2) is 30.6 Å². The number of aryl methyl sites for hydroxylation is 1. The second kappa shape index (κ2) is 5.36. The molecule has 0 amide bonds. The molecule has 1 unspecified atom stereocenters. The van der Waals surface area contributed by atoms with E-state index < -0.39 is 0 Å². The summed E-state index contributed by atoms with van der Waals surface area (Å²) in [6, 6.07) is 9.05. The molecule has 3 nitrogen and oxygen atoms in total. The number of rotatable bonds is 4. The molecular formula is C15H21N3. The lowest BCUT2D eigenvalue weighted by atomic mass is 10.1. The Balaban J connectivity index is 2.25. The maximum absolute atomic E-state index is 4.33. The fourth-order valence-corrected chi connectivity index (χ4v) is 2.11. The van der Waals surface area contributed by atoms with Gasteiger partial charge in [-0.25, -0.2) is 4.98 Å². The molecule has 0 aliphatic carbocycles. The summed E-state index contributed by atoms with van der Waals surface area (Å²) in [5.74, 6) is 0. The minimum Gasteiger partial charge on any atom is -0.310 e. The van der Waals surface area contributed by atoms with Crippen molar-refractivity contribution < 1.29 is 0 Å². The summed E-state index contributed by atoms with van der Waals surface area (Å²) in [5.41, 5.74) is 4.76. The van der Waals surface area contributed by atoms with E-state index in [1.807, 2.05) is 13.3 Å². The first-order chi connectivity index (χ1) is 8.63. The Bertz CT molecular complexity index is 511. The number of benzene rings is 1. The fourth-order valence-electron chi connectivity index (χ4n) is 2.11. The number of imidazole rings is 1. The highest BCUT2D eigenvalue weighted by atomic mass is 15.1. The van der Waals surface area contributed by atoms with Crippen LogP contribution in [0.1, 0.15) is 36.8 Å². The Morgan fingerprint density at radius 1 is 1.22 bits per heavy atom. The number of nitrogens with one attached hydrogen (secondary N) is 1. The molecule has 1 aromatic carbocycles. The maximum atomic E-state index is 4.33. The summed E-state index contributed by atoms with van der Waals surface area (Å²) >= 11 is 0. The van der Waals surface area contributed by atoms with Gasteiger partial charge in [-0.15, -0.1) is 0 Å². The number of hydrogen-bond acceptors (Lipinski definition) is 2. The van der Waals surface area contributed by atoms with Gasteiger partial charge in [0.05, 0.1) is 12.0 Å². The summed E-state index contributed by atoms with van der Waals surface area (Å²) < 4.78 is 2.12. The zero-order valence-corrected chi connectivity index (χ0v) is 11.6. The van der Waals surface area contributed by atoms with E-state index in [4.69, 9.17) is 0 Å². The highest BCUT2D eigenvalue weighted by molar-refractivity contribution is 5.38. The highest BCUT2D eigenvalue weighted by Gasteiger charge is 2.06. The molecule has 0 aliphatic heterocycles. The molecule has 1 atom stereocenters. The lowest BCUT2D eigenvalue weighted by Crippen LogP contribution is -2.17. The van der Waals surface area contributed by atoms with Crippen molar-refractivity contribution in [3.8, 4) is 5.69 Å². The Labute approximate surface area is 109 Å². The van der Waals surface area contributed by atoms with Crippen LogP contribution in [0, 0.1) is 13.8 Å². The van der Waals surface area contributed by atoms with Gasteiger partial charge in [-0.1, -0.05) is 19.1 Å². The first kappa shape index (κ1) is 12.8. The van der Waals surface area contributed by atoms with Crippen molar-refractivity contribution in [2.45, 2.75) is 33.7 Å². The molecule has 18 heavy (non-hydrogen) atoms. The lowest BCUT2D eigenvalue weighted by Gasteiger charge is -2.13. The summed E-state index contributed by atoms with van der Waals surface area (Å²) in [6.45, 7) is 9.43. The van der Waals surface area contributed by atoms with Crippen LogP contribution in [0.25, 0.3) is 5.69 Å². The van der Waals surface area contributed by atoms with Crippen LogP contribution in [0.2, 0.25) is 0 Å². The van der Waals surface area contributed by atoms with Crippen molar-refractivity contribution in [2.24, 2.45) is 0 Å². The topological polar surface area (TPSA) is 29.9 Å². The van der Waals surface area contributed by atoms with E-state index in [0.717, 1.165) is 12.2 Å². The van der Waals surface area contributed by atoms with Crippen molar-refractivity contribution in [1.29, 1.82) is 0 Å². The minimum absolute atomic E-state index is 0.398. The highest BCUT2D eigenvalue weighted by Crippen LogP contribution is 2.17. The van der Waals surface area contributed by atoms with Gasteiger partial charge in [0.15, 0.2) is 0 Å². The minimum atomic E-state index is 0.398. The molecule has 3 heteroatoms. The molecule has 0 spiro atoms. The summed E-state index contributed by atoms with van der Waals surface area (Å²) in [6.07, 6.45) is 1.88. The fraction of sp³-hybridized carbons (Fsp3) is 0.400. The van der Waals surface area contributed by atoms with Crippen molar-refractivity contribution in [2.75, 3.05) is 6.54 Å². The van der Waals surface area contributed by atoms with E-state index in [1.165, 1.54) is 16.9 Å². The molecule has 96 valence electrons.